The zero-order chi connectivity index (χ0) is 20.2. The van der Waals surface area contributed by atoms with Gasteiger partial charge in [0.05, 0.1) is 12.7 Å². The van der Waals surface area contributed by atoms with Crippen molar-refractivity contribution in [2.45, 2.75) is 26.1 Å². The Hall–Kier alpha value is -3.18. The van der Waals surface area contributed by atoms with E-state index < -0.39 is 0 Å². The topological polar surface area (TPSA) is 47.4 Å². The van der Waals surface area contributed by atoms with E-state index in [2.05, 4.69) is 41.8 Å². The van der Waals surface area contributed by atoms with Crippen LogP contribution in [0.25, 0.3) is 5.57 Å². The van der Waals surface area contributed by atoms with E-state index in [9.17, 15) is 4.79 Å². The summed E-state index contributed by atoms with van der Waals surface area (Å²) >= 11 is 0. The summed E-state index contributed by atoms with van der Waals surface area (Å²) in [4.78, 5) is 14.8. The van der Waals surface area contributed by atoms with E-state index >= 15 is 0 Å². The van der Waals surface area contributed by atoms with E-state index in [1.165, 1.54) is 21.9 Å². The first-order valence-corrected chi connectivity index (χ1v) is 9.81. The number of allylic oxidation sites excluding steroid dienone is 1. The molecule has 0 unspecified atom stereocenters. The largest absolute Gasteiger partial charge is 0.487 e. The van der Waals surface area contributed by atoms with Crippen molar-refractivity contribution in [2.24, 2.45) is 0 Å². The van der Waals surface area contributed by atoms with Gasteiger partial charge in [-0.25, -0.2) is 4.68 Å². The molecule has 2 heterocycles. The number of fused-ring (bicyclic) bond motifs is 1. The number of benzene rings is 2. The first-order valence-electron chi connectivity index (χ1n) is 9.81. The molecule has 1 aliphatic heterocycles. The van der Waals surface area contributed by atoms with Crippen molar-refractivity contribution in [2.75, 3.05) is 13.6 Å². The van der Waals surface area contributed by atoms with Crippen LogP contribution in [0, 0.1) is 0 Å². The Morgan fingerprint density at radius 2 is 1.97 bits per heavy atom. The molecule has 0 radical (unpaired) electrons. The van der Waals surface area contributed by atoms with Gasteiger partial charge in [0.15, 0.2) is 0 Å². The fourth-order valence-corrected chi connectivity index (χ4v) is 3.54. The minimum atomic E-state index is -0.198. The zero-order valence-electron chi connectivity index (χ0n) is 16.7. The average molecular weight is 387 g/mol. The lowest BCUT2D eigenvalue weighted by atomic mass is 9.95. The second-order valence-corrected chi connectivity index (χ2v) is 7.54. The molecule has 0 fully saturated rings. The van der Waals surface area contributed by atoms with Gasteiger partial charge in [0.1, 0.15) is 12.4 Å². The van der Waals surface area contributed by atoms with Crippen LogP contribution < -0.4 is 10.3 Å². The molecule has 1 aromatic heterocycles. The number of hydrogen-bond donors (Lipinski definition) is 0. The third-order valence-corrected chi connectivity index (χ3v) is 5.25. The SMILES string of the molecule is C=C(Cn1ncc(OCc2ccccc2)cc1=O)c1ccc2c(c1)CCN(C)C2. The molecule has 0 amide bonds. The van der Waals surface area contributed by atoms with E-state index in [0.29, 0.717) is 18.9 Å². The molecule has 3 aromatic rings. The van der Waals surface area contributed by atoms with Crippen LogP contribution in [-0.2, 0) is 26.1 Å². The second-order valence-electron chi connectivity index (χ2n) is 7.54. The highest BCUT2D eigenvalue weighted by molar-refractivity contribution is 5.64. The molecule has 5 nitrogen and oxygen atoms in total. The van der Waals surface area contributed by atoms with Crippen LogP contribution in [0.5, 0.6) is 5.75 Å². The molecule has 0 aliphatic carbocycles. The third-order valence-electron chi connectivity index (χ3n) is 5.25. The molecule has 0 spiro atoms. The van der Waals surface area contributed by atoms with Crippen LogP contribution in [0.2, 0.25) is 0 Å². The van der Waals surface area contributed by atoms with Gasteiger partial charge < -0.3 is 9.64 Å². The molecule has 0 bridgehead atoms. The molecule has 0 atom stereocenters. The van der Waals surface area contributed by atoms with Crippen LogP contribution in [0.1, 0.15) is 22.3 Å². The van der Waals surface area contributed by atoms with Gasteiger partial charge in [-0.2, -0.15) is 5.10 Å². The van der Waals surface area contributed by atoms with Crippen molar-refractivity contribution in [1.29, 1.82) is 0 Å². The molecule has 1 aliphatic rings. The maximum absolute atomic E-state index is 12.5. The van der Waals surface area contributed by atoms with Crippen molar-refractivity contribution in [1.82, 2.24) is 14.7 Å². The van der Waals surface area contributed by atoms with Crippen molar-refractivity contribution >= 4 is 5.57 Å². The van der Waals surface area contributed by atoms with Crippen molar-refractivity contribution in [3.05, 3.63) is 100.0 Å². The van der Waals surface area contributed by atoms with E-state index in [-0.39, 0.29) is 5.56 Å². The van der Waals surface area contributed by atoms with Crippen LogP contribution in [0.3, 0.4) is 0 Å². The summed E-state index contributed by atoms with van der Waals surface area (Å²) in [5, 5.41) is 4.27. The van der Waals surface area contributed by atoms with E-state index in [0.717, 1.165) is 36.2 Å². The first kappa shape index (κ1) is 19.2. The molecular weight excluding hydrogens is 362 g/mol. The van der Waals surface area contributed by atoms with Crippen molar-refractivity contribution < 1.29 is 4.74 Å². The van der Waals surface area contributed by atoms with Crippen LogP contribution in [0.15, 0.2) is 72.2 Å². The maximum Gasteiger partial charge on any atom is 0.270 e. The number of aromatic nitrogens is 2. The van der Waals surface area contributed by atoms with E-state index in [1.807, 2.05) is 30.3 Å². The highest BCUT2D eigenvalue weighted by Gasteiger charge is 2.14. The number of likely N-dealkylation sites (N-methyl/N-ethyl adjacent to an activating group) is 1. The molecule has 4 rings (SSSR count). The van der Waals surface area contributed by atoms with Gasteiger partial charge in [0, 0.05) is 19.2 Å². The molecule has 5 heteroatoms. The molecule has 0 N–H and O–H groups in total. The zero-order valence-corrected chi connectivity index (χ0v) is 16.7. The molecule has 148 valence electrons. The summed E-state index contributed by atoms with van der Waals surface area (Å²) in [5.41, 5.74) is 5.52. The summed E-state index contributed by atoms with van der Waals surface area (Å²) in [6.07, 6.45) is 2.62. The summed E-state index contributed by atoms with van der Waals surface area (Å²) < 4.78 is 7.11. The lowest BCUT2D eigenvalue weighted by molar-refractivity contribution is 0.302. The van der Waals surface area contributed by atoms with Crippen molar-refractivity contribution in [3.8, 4) is 5.75 Å². The minimum Gasteiger partial charge on any atom is -0.487 e. The lowest BCUT2D eigenvalue weighted by Crippen LogP contribution is -2.26. The van der Waals surface area contributed by atoms with Crippen LogP contribution >= 0.6 is 0 Å². The van der Waals surface area contributed by atoms with Crippen LogP contribution in [-0.4, -0.2) is 28.3 Å². The Morgan fingerprint density at radius 1 is 1.14 bits per heavy atom. The number of ether oxygens (including phenoxy) is 1. The molecule has 2 aromatic carbocycles. The van der Waals surface area contributed by atoms with Gasteiger partial charge in [0.2, 0.25) is 0 Å². The minimum absolute atomic E-state index is 0.198. The lowest BCUT2D eigenvalue weighted by Gasteiger charge is -2.25. The van der Waals surface area contributed by atoms with E-state index in [1.54, 1.807) is 6.20 Å². The van der Waals surface area contributed by atoms with Gasteiger partial charge in [-0.1, -0.05) is 55.1 Å². The molecule has 29 heavy (non-hydrogen) atoms. The Labute approximate surface area is 170 Å². The third kappa shape index (κ3) is 4.63. The molecule has 0 saturated heterocycles. The fraction of sp³-hybridized carbons (Fsp3) is 0.250. The van der Waals surface area contributed by atoms with Gasteiger partial charge in [-0.05, 0) is 41.3 Å². The van der Waals surface area contributed by atoms with Gasteiger partial charge in [0.25, 0.3) is 5.56 Å². The number of hydrogen-bond acceptors (Lipinski definition) is 4. The fourth-order valence-electron chi connectivity index (χ4n) is 3.54. The summed E-state index contributed by atoms with van der Waals surface area (Å²) in [6.45, 7) is 6.99. The second kappa shape index (κ2) is 8.45. The smallest absolute Gasteiger partial charge is 0.270 e. The Kier molecular flexibility index (Phi) is 5.58. The normalized spacial score (nSPS) is 13.7. The highest BCUT2D eigenvalue weighted by Crippen LogP contribution is 2.23. The summed E-state index contributed by atoms with van der Waals surface area (Å²) in [5.74, 6) is 0.471. The average Bonchev–Trinajstić information content (AvgIpc) is 2.74. The van der Waals surface area contributed by atoms with Gasteiger partial charge in [-0.15, -0.1) is 0 Å². The Balaban J connectivity index is 1.43. The number of rotatable bonds is 6. The van der Waals surface area contributed by atoms with E-state index in [4.69, 9.17) is 4.74 Å². The molecule has 0 saturated carbocycles. The van der Waals surface area contributed by atoms with Gasteiger partial charge in [-0.3, -0.25) is 4.79 Å². The summed E-state index contributed by atoms with van der Waals surface area (Å²) in [7, 11) is 2.14. The highest BCUT2D eigenvalue weighted by atomic mass is 16.5. The predicted octanol–water partition coefficient (Wildman–Crippen LogP) is 3.52. The Morgan fingerprint density at radius 3 is 2.76 bits per heavy atom. The Bertz CT molecular complexity index is 1070. The predicted molar refractivity (Wildman–Crippen MR) is 115 cm³/mol. The molecular formula is C24H25N3O2. The quantitative estimate of drug-likeness (QED) is 0.649. The first-order chi connectivity index (χ1) is 14.1. The van der Waals surface area contributed by atoms with Gasteiger partial charge >= 0.3 is 0 Å². The summed E-state index contributed by atoms with van der Waals surface area (Å²) in [6, 6.07) is 17.8. The maximum atomic E-state index is 12.5. The standard InChI is InChI=1S/C24H25N3O2/c1-18(20-8-9-22-16-26(2)11-10-21(22)12-20)15-27-24(28)13-23(14-25-27)29-17-19-6-4-3-5-7-19/h3-9,12-14H,1,10-11,15-17H2,2H3. The monoisotopic (exact) mass is 387 g/mol. The number of nitrogens with zero attached hydrogens (tertiary/aromatic N) is 3. The van der Waals surface area contributed by atoms with Crippen LogP contribution in [0.4, 0.5) is 0 Å². The van der Waals surface area contributed by atoms with Crippen molar-refractivity contribution in [3.63, 3.8) is 0 Å².